The fourth-order valence-electron chi connectivity index (χ4n) is 1.96. The molecule has 2 rings (SSSR count). The summed E-state index contributed by atoms with van der Waals surface area (Å²) in [4.78, 5) is -0.445. The van der Waals surface area contributed by atoms with Crippen molar-refractivity contribution in [2.75, 3.05) is 0 Å². The summed E-state index contributed by atoms with van der Waals surface area (Å²) in [5.74, 6) is 0. The van der Waals surface area contributed by atoms with Crippen LogP contribution in [0.15, 0.2) is 64.4 Å². The lowest BCUT2D eigenvalue weighted by atomic mass is 9.87. The second-order valence-electron chi connectivity index (χ2n) is 6.00. The highest BCUT2D eigenvalue weighted by molar-refractivity contribution is 8.67. The molecule has 2 aromatic carbocycles. The summed E-state index contributed by atoms with van der Waals surface area (Å²) >= 11 is 0. The van der Waals surface area contributed by atoms with Crippen LogP contribution in [0, 0.1) is 0 Å². The van der Waals surface area contributed by atoms with Crippen LogP contribution in [-0.2, 0) is 23.2 Å². The Labute approximate surface area is 131 Å². The first kappa shape index (κ1) is 16.7. The fourth-order valence-corrected chi connectivity index (χ4v) is 5.62. The van der Waals surface area contributed by atoms with Crippen molar-refractivity contribution in [2.45, 2.75) is 36.0 Å². The van der Waals surface area contributed by atoms with Crippen molar-refractivity contribution >= 4 is 17.7 Å². The molecule has 0 saturated carbocycles. The second kappa shape index (κ2) is 5.52. The summed E-state index contributed by atoms with van der Waals surface area (Å²) in [6.45, 7) is 5.99. The third-order valence-corrected chi connectivity index (χ3v) is 8.49. The first-order valence-electron chi connectivity index (χ1n) is 6.72. The van der Waals surface area contributed by atoms with Crippen LogP contribution in [0.2, 0.25) is 0 Å². The first-order valence-corrected chi connectivity index (χ1v) is 10.2. The molecule has 22 heavy (non-hydrogen) atoms. The van der Waals surface area contributed by atoms with E-state index in [2.05, 4.69) is 0 Å². The highest BCUT2D eigenvalue weighted by Gasteiger charge is 2.33. The summed E-state index contributed by atoms with van der Waals surface area (Å²) in [6, 6.07) is 13.1. The number of benzene rings is 2. The minimum atomic E-state index is -4.48. The van der Waals surface area contributed by atoms with Crippen LogP contribution in [0.4, 0.5) is 0 Å². The van der Waals surface area contributed by atoms with Crippen molar-refractivity contribution in [1.29, 1.82) is 0 Å². The minimum absolute atomic E-state index is 0.138. The normalized spacial score (nSPS) is 13.0. The molecular weight excluding hydrogens is 320 g/mol. The highest BCUT2D eigenvalue weighted by Crippen LogP contribution is 2.27. The Hall–Kier alpha value is -1.66. The average Bonchev–Trinajstić information content (AvgIpc) is 2.47. The Morgan fingerprint density at radius 3 is 1.45 bits per heavy atom. The summed E-state index contributed by atoms with van der Waals surface area (Å²) in [5, 5.41) is 0. The van der Waals surface area contributed by atoms with Crippen molar-refractivity contribution in [1.82, 2.24) is 0 Å². The summed E-state index contributed by atoms with van der Waals surface area (Å²) in [6.07, 6.45) is 0. The van der Waals surface area contributed by atoms with Crippen LogP contribution in [0.5, 0.6) is 0 Å². The van der Waals surface area contributed by atoms with Gasteiger partial charge in [0.05, 0.1) is 9.79 Å². The van der Waals surface area contributed by atoms with Gasteiger partial charge in [-0.2, -0.15) is 0 Å². The molecule has 2 aromatic rings. The molecule has 118 valence electrons. The van der Waals surface area contributed by atoms with Gasteiger partial charge in [-0.15, -0.1) is 0 Å². The van der Waals surface area contributed by atoms with E-state index in [-0.39, 0.29) is 15.2 Å². The summed E-state index contributed by atoms with van der Waals surface area (Å²) in [5.41, 5.74) is 0.796. The summed E-state index contributed by atoms with van der Waals surface area (Å²) < 4.78 is 49.6. The maximum Gasteiger partial charge on any atom is 0.286 e. The molecule has 0 bridgehead atoms. The molecule has 4 nitrogen and oxygen atoms in total. The Kier molecular flexibility index (Phi) is 4.19. The molecule has 0 saturated heterocycles. The van der Waals surface area contributed by atoms with Crippen LogP contribution in [-0.4, -0.2) is 16.8 Å². The van der Waals surface area contributed by atoms with Crippen LogP contribution in [0.1, 0.15) is 26.3 Å². The lowest BCUT2D eigenvalue weighted by Gasteiger charge is -2.19. The van der Waals surface area contributed by atoms with E-state index in [1.54, 1.807) is 18.2 Å². The molecule has 0 aliphatic heterocycles. The van der Waals surface area contributed by atoms with Gasteiger partial charge < -0.3 is 0 Å². The second-order valence-corrected chi connectivity index (χ2v) is 11.4. The minimum Gasteiger partial charge on any atom is -0.207 e. The molecule has 0 heterocycles. The van der Waals surface area contributed by atoms with Crippen molar-refractivity contribution < 1.29 is 16.8 Å². The van der Waals surface area contributed by atoms with Gasteiger partial charge in [-0.3, -0.25) is 0 Å². The number of rotatable bonds is 3. The maximum atomic E-state index is 12.4. The molecule has 0 aliphatic rings. The third-order valence-electron chi connectivity index (χ3n) is 3.33. The van der Waals surface area contributed by atoms with Gasteiger partial charge in [0.15, 0.2) is 0 Å². The predicted molar refractivity (Wildman–Crippen MR) is 86.0 cm³/mol. The Morgan fingerprint density at radius 2 is 1.05 bits per heavy atom. The van der Waals surface area contributed by atoms with Crippen molar-refractivity contribution in [3.8, 4) is 0 Å². The van der Waals surface area contributed by atoms with Crippen LogP contribution in [0.25, 0.3) is 0 Å². The molecule has 0 fully saturated rings. The van der Waals surface area contributed by atoms with Gasteiger partial charge >= 0.3 is 0 Å². The van der Waals surface area contributed by atoms with Gasteiger partial charge in [-0.25, -0.2) is 16.8 Å². The quantitative estimate of drug-likeness (QED) is 0.806. The van der Waals surface area contributed by atoms with Gasteiger partial charge in [-0.05, 0) is 35.2 Å². The molecule has 0 radical (unpaired) electrons. The molecule has 0 amide bonds. The highest BCUT2D eigenvalue weighted by atomic mass is 33.2. The van der Waals surface area contributed by atoms with E-state index in [4.69, 9.17) is 0 Å². The monoisotopic (exact) mass is 338 g/mol. The van der Waals surface area contributed by atoms with Gasteiger partial charge in [0.2, 0.25) is 0 Å². The van der Waals surface area contributed by atoms with E-state index in [0.29, 0.717) is 0 Å². The zero-order chi connectivity index (χ0) is 16.6. The van der Waals surface area contributed by atoms with Gasteiger partial charge in [0, 0.05) is 0 Å². The standard InChI is InChI=1S/C16H18O4S2/c1-16(2,3)13-9-11-15(12-10-13)22(19,20)21(17,18)14-7-5-4-6-8-14/h4-12H,1-3H3. The van der Waals surface area contributed by atoms with E-state index in [0.717, 1.165) is 5.56 Å². The third kappa shape index (κ3) is 2.94. The summed E-state index contributed by atoms with van der Waals surface area (Å²) in [7, 11) is -8.95. The van der Waals surface area contributed by atoms with E-state index in [1.807, 2.05) is 20.8 Å². The molecular formula is C16H18O4S2. The van der Waals surface area contributed by atoms with Crippen LogP contribution in [0.3, 0.4) is 0 Å². The molecule has 0 unspecified atom stereocenters. The average molecular weight is 338 g/mol. The van der Waals surface area contributed by atoms with Gasteiger partial charge in [0.1, 0.15) is 0 Å². The SMILES string of the molecule is CC(C)(C)c1ccc(S(=O)(=O)S(=O)(=O)c2ccccc2)cc1. The molecule has 0 aliphatic carbocycles. The van der Waals surface area contributed by atoms with Crippen molar-refractivity contribution in [3.63, 3.8) is 0 Å². The molecule has 0 aromatic heterocycles. The van der Waals surface area contributed by atoms with E-state index in [9.17, 15) is 16.8 Å². The number of hydrogen-bond donors (Lipinski definition) is 0. The molecule has 0 spiro atoms. The van der Waals surface area contributed by atoms with E-state index >= 15 is 0 Å². The van der Waals surface area contributed by atoms with Crippen molar-refractivity contribution in [3.05, 3.63) is 60.2 Å². The Bertz CT molecular complexity index is 858. The fraction of sp³-hybridized carbons (Fsp3) is 0.250. The van der Waals surface area contributed by atoms with Crippen LogP contribution < -0.4 is 0 Å². The lowest BCUT2D eigenvalue weighted by Crippen LogP contribution is -2.17. The smallest absolute Gasteiger partial charge is 0.207 e. The zero-order valence-corrected chi connectivity index (χ0v) is 14.3. The lowest BCUT2D eigenvalue weighted by molar-refractivity contribution is 0.581. The predicted octanol–water partition coefficient (Wildman–Crippen LogP) is 3.15. The molecule has 0 atom stereocenters. The first-order chi connectivity index (χ1) is 10.1. The Morgan fingerprint density at radius 1 is 0.636 bits per heavy atom. The van der Waals surface area contributed by atoms with E-state index < -0.39 is 17.7 Å². The van der Waals surface area contributed by atoms with Gasteiger partial charge in [0.25, 0.3) is 17.7 Å². The maximum absolute atomic E-state index is 12.4. The topological polar surface area (TPSA) is 68.3 Å². The van der Waals surface area contributed by atoms with Crippen LogP contribution >= 0.6 is 0 Å². The largest absolute Gasteiger partial charge is 0.286 e. The number of hydrogen-bond acceptors (Lipinski definition) is 4. The zero-order valence-electron chi connectivity index (χ0n) is 12.6. The molecule has 0 N–H and O–H groups in total. The van der Waals surface area contributed by atoms with Gasteiger partial charge in [-0.1, -0.05) is 51.1 Å². The van der Waals surface area contributed by atoms with Crippen molar-refractivity contribution in [2.24, 2.45) is 0 Å². The molecule has 6 heteroatoms. The van der Waals surface area contributed by atoms with E-state index in [1.165, 1.54) is 36.4 Å². The Balaban J connectivity index is 2.52.